The third-order valence-corrected chi connectivity index (χ3v) is 15.5. The Morgan fingerprint density at radius 1 is 0.278 bits per heavy atom. The SMILES string of the molecule is CCC(C)CCCCCCCCCCCCCCCCC(=O)OC[C@H](COC(=O)CCCCCCCCCCCCCCCCC(C)C)OC(=O)CCCCCCCCCCCCCCCCCCC(C)C. The first kappa shape index (κ1) is 70.4. The molecular weight excluding hydrogens is 889 g/mol. The van der Waals surface area contributed by atoms with E-state index in [1.807, 2.05) is 0 Å². The van der Waals surface area contributed by atoms with Crippen LogP contribution in [0.1, 0.15) is 369 Å². The Labute approximate surface area is 450 Å². The van der Waals surface area contributed by atoms with Crippen LogP contribution in [0.5, 0.6) is 0 Å². The van der Waals surface area contributed by atoms with Crippen LogP contribution in [0.4, 0.5) is 0 Å². The Balaban J connectivity index is 4.30. The van der Waals surface area contributed by atoms with Crippen molar-refractivity contribution in [3.8, 4) is 0 Å². The van der Waals surface area contributed by atoms with Crippen LogP contribution < -0.4 is 0 Å². The van der Waals surface area contributed by atoms with E-state index >= 15 is 0 Å². The zero-order valence-electron chi connectivity index (χ0n) is 49.7. The first-order valence-electron chi connectivity index (χ1n) is 32.6. The number of rotatable bonds is 59. The van der Waals surface area contributed by atoms with Gasteiger partial charge in [-0.15, -0.1) is 0 Å². The molecule has 0 saturated carbocycles. The fourth-order valence-electron chi connectivity index (χ4n) is 10.2. The van der Waals surface area contributed by atoms with Gasteiger partial charge >= 0.3 is 17.9 Å². The molecule has 0 amide bonds. The number of hydrogen-bond donors (Lipinski definition) is 0. The minimum Gasteiger partial charge on any atom is -0.462 e. The Kier molecular flexibility index (Phi) is 55.9. The molecule has 0 aliphatic carbocycles. The van der Waals surface area contributed by atoms with Crippen molar-refractivity contribution in [1.29, 1.82) is 0 Å². The zero-order valence-corrected chi connectivity index (χ0v) is 49.7. The summed E-state index contributed by atoms with van der Waals surface area (Å²) in [5.41, 5.74) is 0. The normalized spacial score (nSPS) is 12.5. The predicted molar refractivity (Wildman–Crippen MR) is 312 cm³/mol. The van der Waals surface area contributed by atoms with E-state index in [4.69, 9.17) is 14.2 Å². The molecular formula is C66H128O6. The molecule has 6 heteroatoms. The quantitative estimate of drug-likeness (QED) is 0.0343. The molecule has 0 aromatic rings. The lowest BCUT2D eigenvalue weighted by molar-refractivity contribution is -0.167. The van der Waals surface area contributed by atoms with Crippen LogP contribution in [-0.4, -0.2) is 37.2 Å². The number of carbonyl (C=O) groups is 3. The number of ether oxygens (including phenoxy) is 3. The Morgan fingerprint density at radius 3 is 0.722 bits per heavy atom. The van der Waals surface area contributed by atoms with Crippen LogP contribution >= 0.6 is 0 Å². The van der Waals surface area contributed by atoms with Gasteiger partial charge in [0.05, 0.1) is 0 Å². The smallest absolute Gasteiger partial charge is 0.306 e. The molecule has 0 rings (SSSR count). The van der Waals surface area contributed by atoms with Crippen molar-refractivity contribution in [3.63, 3.8) is 0 Å². The summed E-state index contributed by atoms with van der Waals surface area (Å²) in [5.74, 6) is 1.76. The van der Waals surface area contributed by atoms with Crippen LogP contribution in [0.25, 0.3) is 0 Å². The summed E-state index contributed by atoms with van der Waals surface area (Å²) >= 11 is 0. The van der Waals surface area contributed by atoms with Crippen molar-refractivity contribution >= 4 is 17.9 Å². The van der Waals surface area contributed by atoms with Crippen LogP contribution in [0.3, 0.4) is 0 Å². The van der Waals surface area contributed by atoms with Gasteiger partial charge in [0.15, 0.2) is 6.10 Å². The molecule has 72 heavy (non-hydrogen) atoms. The highest BCUT2D eigenvalue weighted by atomic mass is 16.6. The molecule has 0 fully saturated rings. The summed E-state index contributed by atoms with van der Waals surface area (Å²) < 4.78 is 17.0. The van der Waals surface area contributed by atoms with Gasteiger partial charge in [0.2, 0.25) is 0 Å². The number of esters is 3. The molecule has 0 saturated heterocycles. The average molecular weight is 1020 g/mol. The maximum absolute atomic E-state index is 12.9. The van der Waals surface area contributed by atoms with Crippen molar-refractivity contribution in [2.24, 2.45) is 17.8 Å². The molecule has 0 spiro atoms. The topological polar surface area (TPSA) is 78.9 Å². The highest BCUT2D eigenvalue weighted by molar-refractivity contribution is 5.71. The van der Waals surface area contributed by atoms with Crippen LogP contribution in [-0.2, 0) is 28.6 Å². The molecule has 0 aromatic heterocycles. The number of hydrogen-bond acceptors (Lipinski definition) is 6. The van der Waals surface area contributed by atoms with Gasteiger partial charge in [-0.2, -0.15) is 0 Å². The third kappa shape index (κ3) is 57.7. The van der Waals surface area contributed by atoms with Gasteiger partial charge in [-0.05, 0) is 37.0 Å². The molecule has 1 unspecified atom stereocenters. The lowest BCUT2D eigenvalue weighted by atomic mass is 9.99. The molecule has 0 bridgehead atoms. The average Bonchev–Trinajstić information content (AvgIpc) is 3.36. The van der Waals surface area contributed by atoms with Crippen molar-refractivity contribution in [1.82, 2.24) is 0 Å². The zero-order chi connectivity index (χ0) is 52.6. The van der Waals surface area contributed by atoms with E-state index in [1.165, 1.54) is 250 Å². The van der Waals surface area contributed by atoms with Gasteiger partial charge in [0, 0.05) is 19.3 Å². The predicted octanol–water partition coefficient (Wildman–Crippen LogP) is 21.8. The van der Waals surface area contributed by atoms with E-state index in [1.54, 1.807) is 0 Å². The van der Waals surface area contributed by atoms with E-state index < -0.39 is 6.10 Å². The summed E-state index contributed by atoms with van der Waals surface area (Å²) in [4.78, 5) is 38.4. The highest BCUT2D eigenvalue weighted by Gasteiger charge is 2.19. The molecule has 0 N–H and O–H groups in total. The molecule has 2 atom stereocenters. The molecule has 428 valence electrons. The van der Waals surface area contributed by atoms with Gasteiger partial charge in [0.1, 0.15) is 13.2 Å². The largest absolute Gasteiger partial charge is 0.462 e. The lowest BCUT2D eigenvalue weighted by Gasteiger charge is -2.18. The van der Waals surface area contributed by atoms with Crippen LogP contribution in [0.2, 0.25) is 0 Å². The van der Waals surface area contributed by atoms with Crippen molar-refractivity contribution in [2.45, 2.75) is 375 Å². The fourth-order valence-corrected chi connectivity index (χ4v) is 10.2. The summed E-state index contributed by atoms with van der Waals surface area (Å²) in [6.07, 6.45) is 62.4. The van der Waals surface area contributed by atoms with Crippen LogP contribution in [0, 0.1) is 17.8 Å². The van der Waals surface area contributed by atoms with Gasteiger partial charge < -0.3 is 14.2 Å². The van der Waals surface area contributed by atoms with Gasteiger partial charge in [-0.25, -0.2) is 0 Å². The van der Waals surface area contributed by atoms with Gasteiger partial charge in [-0.1, -0.05) is 330 Å². The van der Waals surface area contributed by atoms with E-state index in [9.17, 15) is 14.4 Å². The van der Waals surface area contributed by atoms with E-state index in [2.05, 4.69) is 41.5 Å². The van der Waals surface area contributed by atoms with E-state index in [-0.39, 0.29) is 31.1 Å². The highest BCUT2D eigenvalue weighted by Crippen LogP contribution is 2.20. The first-order valence-corrected chi connectivity index (χ1v) is 32.6. The van der Waals surface area contributed by atoms with Crippen molar-refractivity contribution in [2.75, 3.05) is 13.2 Å². The van der Waals surface area contributed by atoms with Crippen molar-refractivity contribution < 1.29 is 28.6 Å². The second-order valence-electron chi connectivity index (χ2n) is 24.0. The molecule has 0 aliphatic rings. The Morgan fingerprint density at radius 2 is 0.486 bits per heavy atom. The standard InChI is InChI=1S/C66H128O6/c1-7-62(6)54-48-42-36-30-24-18-13-15-20-26-32-38-44-50-56-65(68)71-59-63(58-70-64(67)55-49-43-37-31-25-19-14-12-17-23-29-35-41-47-53-61(4)5)72-66(69)57-51-45-39-33-27-21-11-9-8-10-16-22-28-34-40-46-52-60(2)3/h60-63H,7-59H2,1-6H3/t62?,63-/m0/s1. The van der Waals surface area contributed by atoms with Crippen molar-refractivity contribution in [3.05, 3.63) is 0 Å². The van der Waals surface area contributed by atoms with E-state index in [0.29, 0.717) is 19.3 Å². The fraction of sp³-hybridized carbons (Fsp3) is 0.955. The van der Waals surface area contributed by atoms with Crippen LogP contribution in [0.15, 0.2) is 0 Å². The second-order valence-corrected chi connectivity index (χ2v) is 24.0. The Bertz CT molecular complexity index is 1120. The number of unbranched alkanes of at least 4 members (excludes halogenated alkanes) is 41. The maximum atomic E-state index is 12.9. The lowest BCUT2D eigenvalue weighted by Crippen LogP contribution is -2.30. The minimum atomic E-state index is -0.765. The molecule has 0 aliphatic heterocycles. The molecule has 0 heterocycles. The van der Waals surface area contributed by atoms with Gasteiger partial charge in [0.25, 0.3) is 0 Å². The third-order valence-electron chi connectivity index (χ3n) is 15.5. The van der Waals surface area contributed by atoms with Gasteiger partial charge in [-0.3, -0.25) is 14.4 Å². The summed E-state index contributed by atoms with van der Waals surface area (Å²) in [6.45, 7) is 13.9. The maximum Gasteiger partial charge on any atom is 0.306 e. The molecule has 6 nitrogen and oxygen atoms in total. The summed E-state index contributed by atoms with van der Waals surface area (Å²) in [6, 6.07) is 0. The van der Waals surface area contributed by atoms with E-state index in [0.717, 1.165) is 75.5 Å². The summed E-state index contributed by atoms with van der Waals surface area (Å²) in [7, 11) is 0. The minimum absolute atomic E-state index is 0.0624. The monoisotopic (exact) mass is 1020 g/mol. The molecule has 0 radical (unpaired) electrons. The second kappa shape index (κ2) is 57.1. The first-order chi connectivity index (χ1) is 35.1. The molecule has 0 aromatic carbocycles. The Hall–Kier alpha value is -1.59. The number of carbonyl (C=O) groups excluding carboxylic acids is 3. The summed E-state index contributed by atoms with van der Waals surface area (Å²) in [5, 5.41) is 0.